The molecule has 0 aliphatic carbocycles. The Kier molecular flexibility index (Phi) is 4.12. The molecule has 0 saturated carbocycles. The van der Waals surface area contributed by atoms with E-state index < -0.39 is 17.8 Å². The number of aromatic nitrogens is 4. The molecular weight excluding hydrogens is 268 g/mol. The van der Waals surface area contributed by atoms with Gasteiger partial charge < -0.3 is 10.4 Å². The fourth-order valence-electron chi connectivity index (χ4n) is 1.97. The average Bonchev–Trinajstić information content (AvgIpc) is 2.88. The monoisotopic (exact) mass is 285 g/mol. The van der Waals surface area contributed by atoms with Crippen molar-refractivity contribution < 1.29 is 13.9 Å². The largest absolute Gasteiger partial charge is 0.394 e. The molecule has 8 heteroatoms. The Hall–Kier alpha value is -1.83. The summed E-state index contributed by atoms with van der Waals surface area (Å²) in [4.78, 5) is 0. The molecule has 0 radical (unpaired) electrons. The van der Waals surface area contributed by atoms with Crippen molar-refractivity contribution in [3.8, 4) is 0 Å². The third kappa shape index (κ3) is 2.55. The minimum atomic E-state index is -2.74. The van der Waals surface area contributed by atoms with Crippen molar-refractivity contribution >= 4 is 11.5 Å². The number of rotatable bonds is 6. The van der Waals surface area contributed by atoms with Crippen LogP contribution < -0.4 is 5.32 Å². The van der Waals surface area contributed by atoms with Gasteiger partial charge in [-0.2, -0.15) is 4.52 Å². The van der Waals surface area contributed by atoms with E-state index in [9.17, 15) is 13.9 Å². The molecule has 0 saturated heterocycles. The van der Waals surface area contributed by atoms with Crippen molar-refractivity contribution in [2.45, 2.75) is 38.7 Å². The first-order valence-corrected chi connectivity index (χ1v) is 6.44. The van der Waals surface area contributed by atoms with Crippen LogP contribution in [-0.2, 0) is 0 Å². The number of nitrogens with zero attached hydrogens (tertiary/aromatic N) is 4. The van der Waals surface area contributed by atoms with Gasteiger partial charge in [0.25, 0.3) is 6.43 Å². The van der Waals surface area contributed by atoms with E-state index in [2.05, 4.69) is 20.6 Å². The van der Waals surface area contributed by atoms with Crippen molar-refractivity contribution in [3.05, 3.63) is 18.0 Å². The van der Waals surface area contributed by atoms with Crippen molar-refractivity contribution in [2.24, 2.45) is 0 Å². The van der Waals surface area contributed by atoms with E-state index in [1.165, 1.54) is 0 Å². The summed E-state index contributed by atoms with van der Waals surface area (Å²) in [5, 5.41) is 23.7. The molecule has 110 valence electrons. The Bertz CT molecular complexity index is 574. The predicted molar refractivity (Wildman–Crippen MR) is 69.8 cm³/mol. The molecule has 2 heterocycles. The second-order valence-corrected chi connectivity index (χ2v) is 4.62. The summed E-state index contributed by atoms with van der Waals surface area (Å²) in [6.07, 6.45) is -1.37. The Balaban J connectivity index is 2.38. The number of aliphatic hydroxyl groups is 1. The van der Waals surface area contributed by atoms with Gasteiger partial charge in [0.1, 0.15) is 5.82 Å². The maximum atomic E-state index is 12.8. The summed E-state index contributed by atoms with van der Waals surface area (Å²) in [5.74, 6) is -0.0943. The number of hydrogen-bond acceptors (Lipinski definition) is 5. The molecule has 2 rings (SSSR count). The Labute approximate surface area is 114 Å². The van der Waals surface area contributed by atoms with Gasteiger partial charge in [0.05, 0.1) is 12.1 Å². The molecule has 2 N–H and O–H groups in total. The first kappa shape index (κ1) is 14.6. The van der Waals surface area contributed by atoms with Gasteiger partial charge in [-0.1, -0.05) is 13.8 Å². The topological polar surface area (TPSA) is 75.3 Å². The molecular formula is C12H17F2N5O. The zero-order valence-corrected chi connectivity index (χ0v) is 11.3. The van der Waals surface area contributed by atoms with E-state index >= 15 is 0 Å². The third-order valence-corrected chi connectivity index (χ3v) is 3.53. The van der Waals surface area contributed by atoms with Crippen LogP contribution in [0.3, 0.4) is 0 Å². The standard InChI is InChI=1S/C12H17F2N5O/c1-3-12(4-2,7-20)15-8-5-6-9-16-17-11(10(13)14)19(9)18-8/h5-6,10,20H,3-4,7H2,1-2H3,(H,15,18). The second kappa shape index (κ2) is 5.66. The summed E-state index contributed by atoms with van der Waals surface area (Å²) < 4.78 is 26.6. The lowest BCUT2D eigenvalue weighted by atomic mass is 9.94. The number of fused-ring (bicyclic) bond motifs is 1. The van der Waals surface area contributed by atoms with Gasteiger partial charge in [-0.05, 0) is 25.0 Å². The van der Waals surface area contributed by atoms with Crippen LogP contribution in [0.4, 0.5) is 14.6 Å². The number of halogens is 2. The molecule has 0 unspecified atom stereocenters. The number of anilines is 1. The van der Waals surface area contributed by atoms with Crippen LogP contribution >= 0.6 is 0 Å². The van der Waals surface area contributed by atoms with Crippen LogP contribution in [0.1, 0.15) is 38.9 Å². The van der Waals surface area contributed by atoms with E-state index in [1.807, 2.05) is 13.8 Å². The summed E-state index contributed by atoms with van der Waals surface area (Å²) in [6, 6.07) is 3.19. The van der Waals surface area contributed by atoms with Gasteiger partial charge in [0.2, 0.25) is 5.82 Å². The third-order valence-electron chi connectivity index (χ3n) is 3.53. The highest BCUT2D eigenvalue weighted by atomic mass is 19.3. The van der Waals surface area contributed by atoms with Crippen molar-refractivity contribution in [1.82, 2.24) is 19.8 Å². The number of alkyl halides is 2. The quantitative estimate of drug-likeness (QED) is 0.849. The highest BCUT2D eigenvalue weighted by Crippen LogP contribution is 2.22. The average molecular weight is 285 g/mol. The van der Waals surface area contributed by atoms with E-state index in [-0.39, 0.29) is 12.3 Å². The summed E-state index contributed by atoms with van der Waals surface area (Å²) in [5.41, 5.74) is -0.256. The molecule has 0 bridgehead atoms. The van der Waals surface area contributed by atoms with Gasteiger partial charge in [-0.15, -0.1) is 15.3 Å². The van der Waals surface area contributed by atoms with Crippen molar-refractivity contribution in [2.75, 3.05) is 11.9 Å². The van der Waals surface area contributed by atoms with Crippen molar-refractivity contribution in [1.29, 1.82) is 0 Å². The molecule has 6 nitrogen and oxygen atoms in total. The molecule has 0 spiro atoms. The number of hydrogen-bond donors (Lipinski definition) is 2. The molecule has 0 atom stereocenters. The Morgan fingerprint density at radius 2 is 2.00 bits per heavy atom. The van der Waals surface area contributed by atoms with Crippen LogP contribution in [0.5, 0.6) is 0 Å². The molecule has 2 aromatic heterocycles. The van der Waals surface area contributed by atoms with E-state index in [4.69, 9.17) is 0 Å². The molecule has 0 amide bonds. The number of aliphatic hydroxyl groups excluding tert-OH is 1. The highest BCUT2D eigenvalue weighted by molar-refractivity contribution is 5.45. The predicted octanol–water partition coefficient (Wildman–Crippen LogP) is 2.02. The first-order valence-electron chi connectivity index (χ1n) is 6.44. The Morgan fingerprint density at radius 3 is 2.55 bits per heavy atom. The zero-order chi connectivity index (χ0) is 14.8. The van der Waals surface area contributed by atoms with E-state index in [1.54, 1.807) is 12.1 Å². The fraction of sp³-hybridized carbons (Fsp3) is 0.583. The van der Waals surface area contributed by atoms with Gasteiger partial charge >= 0.3 is 0 Å². The van der Waals surface area contributed by atoms with Crippen LogP contribution in [0.15, 0.2) is 12.1 Å². The molecule has 20 heavy (non-hydrogen) atoms. The maximum Gasteiger partial charge on any atom is 0.299 e. The lowest BCUT2D eigenvalue weighted by Gasteiger charge is -2.31. The normalized spacial score (nSPS) is 12.3. The van der Waals surface area contributed by atoms with Crippen LogP contribution in [-0.4, -0.2) is 37.1 Å². The van der Waals surface area contributed by atoms with Gasteiger partial charge in [0.15, 0.2) is 5.65 Å². The highest BCUT2D eigenvalue weighted by Gasteiger charge is 2.26. The van der Waals surface area contributed by atoms with E-state index in [0.29, 0.717) is 18.7 Å². The SMILES string of the molecule is CCC(CC)(CO)Nc1ccc2nnc(C(F)F)n2n1. The smallest absolute Gasteiger partial charge is 0.299 e. The molecule has 0 aliphatic rings. The minimum Gasteiger partial charge on any atom is -0.394 e. The van der Waals surface area contributed by atoms with Crippen molar-refractivity contribution in [3.63, 3.8) is 0 Å². The number of nitrogens with one attached hydrogen (secondary N) is 1. The van der Waals surface area contributed by atoms with Crippen LogP contribution in [0.25, 0.3) is 5.65 Å². The Morgan fingerprint density at radius 1 is 1.30 bits per heavy atom. The summed E-state index contributed by atoms with van der Waals surface area (Å²) in [6.45, 7) is 3.81. The first-order chi connectivity index (χ1) is 9.55. The molecule has 0 aliphatic heterocycles. The zero-order valence-electron chi connectivity index (χ0n) is 11.3. The van der Waals surface area contributed by atoms with Crippen LogP contribution in [0, 0.1) is 0 Å². The van der Waals surface area contributed by atoms with E-state index in [0.717, 1.165) is 4.52 Å². The van der Waals surface area contributed by atoms with Crippen LogP contribution in [0.2, 0.25) is 0 Å². The van der Waals surface area contributed by atoms with Gasteiger partial charge in [0, 0.05) is 0 Å². The summed E-state index contributed by atoms with van der Waals surface area (Å²) >= 11 is 0. The summed E-state index contributed by atoms with van der Waals surface area (Å²) in [7, 11) is 0. The van der Waals surface area contributed by atoms with Gasteiger partial charge in [-0.25, -0.2) is 8.78 Å². The lowest BCUT2D eigenvalue weighted by molar-refractivity contribution is 0.137. The molecule has 2 aromatic rings. The maximum absolute atomic E-state index is 12.8. The molecule has 0 fully saturated rings. The second-order valence-electron chi connectivity index (χ2n) is 4.62. The fourth-order valence-corrected chi connectivity index (χ4v) is 1.97. The van der Waals surface area contributed by atoms with Gasteiger partial charge in [-0.3, -0.25) is 0 Å². The minimum absolute atomic E-state index is 0.0659. The molecule has 0 aromatic carbocycles. The lowest BCUT2D eigenvalue weighted by Crippen LogP contribution is -2.41.